The maximum atomic E-state index is 13.1. The normalized spacial score (nSPS) is 20.2. The fraction of sp³-hybridized carbons (Fsp3) is 0.464. The van der Waals surface area contributed by atoms with Gasteiger partial charge in [0.2, 0.25) is 5.91 Å². The van der Waals surface area contributed by atoms with E-state index in [1.54, 1.807) is 11.9 Å². The molecule has 1 N–H and O–H groups in total. The van der Waals surface area contributed by atoms with Crippen LogP contribution in [0.15, 0.2) is 48.5 Å². The summed E-state index contributed by atoms with van der Waals surface area (Å²) in [6.45, 7) is 0.650. The van der Waals surface area contributed by atoms with Crippen molar-refractivity contribution in [3.05, 3.63) is 79.9 Å². The van der Waals surface area contributed by atoms with Crippen LogP contribution >= 0.6 is 12.6 Å². The molecule has 0 aromatic heterocycles. The lowest BCUT2D eigenvalue weighted by atomic mass is 10.0. The maximum absolute atomic E-state index is 13.1. The first-order valence-corrected chi connectivity index (χ1v) is 14.4. The number of likely N-dealkylation sites (N-methyl/N-ethyl adjacent to an activating group) is 1. The number of nitro benzene ring substituents is 2. The number of benzene rings is 2. The molecule has 16 heteroatoms. The van der Waals surface area contributed by atoms with Crippen molar-refractivity contribution in [2.45, 2.75) is 55.9 Å². The molecule has 2 aliphatic rings. The minimum atomic E-state index is -1.17. The number of thiol groups is 1. The molecule has 2 aliphatic heterocycles. The summed E-state index contributed by atoms with van der Waals surface area (Å²) < 4.78 is 10.7. The summed E-state index contributed by atoms with van der Waals surface area (Å²) >= 11 is 4.46. The third-order valence-electron chi connectivity index (χ3n) is 7.75. The van der Waals surface area contributed by atoms with E-state index >= 15 is 0 Å². The summed E-state index contributed by atoms with van der Waals surface area (Å²) in [5, 5.41) is 32.4. The van der Waals surface area contributed by atoms with E-state index in [0.717, 1.165) is 0 Å². The van der Waals surface area contributed by atoms with Gasteiger partial charge >= 0.3 is 12.2 Å². The summed E-state index contributed by atoms with van der Waals surface area (Å²) in [7, 11) is 1.57. The van der Waals surface area contributed by atoms with Crippen LogP contribution in [0.5, 0.6) is 0 Å². The summed E-state index contributed by atoms with van der Waals surface area (Å²) in [5.41, 5.74) is 1.00. The number of hydrogen-bond donors (Lipinski definition) is 2. The molecule has 2 aromatic rings. The van der Waals surface area contributed by atoms with Crippen molar-refractivity contribution in [2.75, 3.05) is 26.7 Å². The zero-order valence-electron chi connectivity index (χ0n) is 23.9. The van der Waals surface area contributed by atoms with Gasteiger partial charge in [0, 0.05) is 56.2 Å². The van der Waals surface area contributed by atoms with E-state index in [1.165, 1.54) is 58.3 Å². The molecule has 2 aromatic carbocycles. The van der Waals surface area contributed by atoms with Gasteiger partial charge in [-0.15, -0.1) is 0 Å². The fourth-order valence-electron chi connectivity index (χ4n) is 5.20. The molecule has 3 amide bonds. The number of carbonyl (C=O) groups is 3. The van der Waals surface area contributed by atoms with E-state index < -0.39 is 34.2 Å². The summed E-state index contributed by atoms with van der Waals surface area (Å²) in [5.74, 6) is -0.325. The van der Waals surface area contributed by atoms with Crippen LogP contribution in [0.1, 0.15) is 30.4 Å². The fourth-order valence-corrected chi connectivity index (χ4v) is 5.59. The molecule has 0 aliphatic carbocycles. The molecule has 4 rings (SSSR count). The highest BCUT2D eigenvalue weighted by molar-refractivity contribution is 7.81. The average Bonchev–Trinajstić information content (AvgIpc) is 3.66. The van der Waals surface area contributed by atoms with Crippen LogP contribution in [-0.4, -0.2) is 97.9 Å². The van der Waals surface area contributed by atoms with Gasteiger partial charge in [-0.2, -0.15) is 12.6 Å². The first-order chi connectivity index (χ1) is 20.9. The van der Waals surface area contributed by atoms with Crippen LogP contribution in [0, 0.1) is 20.2 Å². The molecule has 0 radical (unpaired) electrons. The molecule has 1 unspecified atom stereocenters. The number of non-ortho nitro benzene ring substituents is 2. The standard InChI is InChI=1S/C28H33N5O10S/c1-29(27(36)42-16-18-2-6-20(7-3-18)32(38)39)22-10-11-30(14-22)26(35)13-25(34)24-12-23(44)15-31(24)28(37)43-17-19-4-8-21(9-5-19)33(40)41/h2-9,22-25,34,44H,10-17H2,1H3/t22-,23-,24-,25?/m0/s1. The number of likely N-dealkylation sites (tertiary alicyclic amines) is 2. The van der Waals surface area contributed by atoms with Gasteiger partial charge in [0.05, 0.1) is 34.5 Å². The Morgan fingerprint density at radius 3 is 2.07 bits per heavy atom. The lowest BCUT2D eigenvalue weighted by Crippen LogP contribution is -2.45. The molecule has 0 bridgehead atoms. The summed E-state index contributed by atoms with van der Waals surface area (Å²) in [6, 6.07) is 10.3. The van der Waals surface area contributed by atoms with Crippen molar-refractivity contribution < 1.29 is 38.8 Å². The maximum Gasteiger partial charge on any atom is 0.410 e. The number of aliphatic hydroxyl groups is 1. The number of nitrogens with zero attached hydrogens (tertiary/aromatic N) is 5. The highest BCUT2D eigenvalue weighted by Crippen LogP contribution is 2.28. The van der Waals surface area contributed by atoms with Crippen molar-refractivity contribution in [1.82, 2.24) is 14.7 Å². The Kier molecular flexibility index (Phi) is 10.6. The topological polar surface area (TPSA) is 186 Å². The third-order valence-corrected chi connectivity index (χ3v) is 8.13. The monoisotopic (exact) mass is 631 g/mol. The molecule has 4 atom stereocenters. The van der Waals surface area contributed by atoms with Crippen molar-refractivity contribution in [3.8, 4) is 0 Å². The molecule has 44 heavy (non-hydrogen) atoms. The number of aliphatic hydroxyl groups excluding tert-OH is 1. The second-order valence-corrected chi connectivity index (χ2v) is 11.5. The first kappa shape index (κ1) is 32.5. The Labute approximate surface area is 258 Å². The SMILES string of the molecule is CN(C(=O)OCc1ccc([N+](=O)[O-])cc1)[C@H]1CCN(C(=O)CC(O)[C@@H]2C[C@H](S)CN2C(=O)OCc2ccc([N+](=O)[O-])cc2)C1. The third kappa shape index (κ3) is 8.13. The number of amides is 3. The average molecular weight is 632 g/mol. The van der Waals surface area contributed by atoms with Crippen LogP contribution in [0.2, 0.25) is 0 Å². The van der Waals surface area contributed by atoms with Gasteiger partial charge in [0.1, 0.15) is 13.2 Å². The number of hydrogen-bond acceptors (Lipinski definition) is 11. The lowest BCUT2D eigenvalue weighted by Gasteiger charge is -2.29. The van der Waals surface area contributed by atoms with E-state index in [2.05, 4.69) is 12.6 Å². The minimum absolute atomic E-state index is 0.0660. The van der Waals surface area contributed by atoms with Crippen LogP contribution < -0.4 is 0 Å². The molecule has 236 valence electrons. The summed E-state index contributed by atoms with van der Waals surface area (Å²) in [4.78, 5) is 63.4. The van der Waals surface area contributed by atoms with Gasteiger partial charge in [-0.1, -0.05) is 0 Å². The largest absolute Gasteiger partial charge is 0.445 e. The molecular formula is C28H33N5O10S. The number of rotatable bonds is 10. The zero-order valence-corrected chi connectivity index (χ0v) is 24.8. The van der Waals surface area contributed by atoms with Gasteiger partial charge < -0.3 is 29.3 Å². The van der Waals surface area contributed by atoms with E-state index in [-0.39, 0.29) is 61.3 Å². The van der Waals surface area contributed by atoms with Crippen molar-refractivity contribution in [3.63, 3.8) is 0 Å². The Hall–Kier alpha value is -4.44. The van der Waals surface area contributed by atoms with Crippen molar-refractivity contribution >= 4 is 42.1 Å². The van der Waals surface area contributed by atoms with E-state index in [0.29, 0.717) is 30.5 Å². The van der Waals surface area contributed by atoms with Crippen molar-refractivity contribution in [2.24, 2.45) is 0 Å². The van der Waals surface area contributed by atoms with Crippen LogP contribution in [0.4, 0.5) is 21.0 Å². The molecule has 2 fully saturated rings. The van der Waals surface area contributed by atoms with E-state index in [1.807, 2.05) is 0 Å². The van der Waals surface area contributed by atoms with Gasteiger partial charge in [-0.3, -0.25) is 25.0 Å². The van der Waals surface area contributed by atoms with E-state index in [9.17, 15) is 39.7 Å². The van der Waals surface area contributed by atoms with Crippen LogP contribution in [0.25, 0.3) is 0 Å². The first-order valence-electron chi connectivity index (χ1n) is 13.9. The smallest absolute Gasteiger partial charge is 0.410 e. The van der Waals surface area contributed by atoms with Gasteiger partial charge in [0.15, 0.2) is 0 Å². The second-order valence-electron chi connectivity index (χ2n) is 10.7. The quantitative estimate of drug-likeness (QED) is 0.224. The molecule has 2 saturated heterocycles. The second kappa shape index (κ2) is 14.4. The Bertz CT molecular complexity index is 1380. The predicted octanol–water partition coefficient (Wildman–Crippen LogP) is 3.13. The Balaban J connectivity index is 1.24. The zero-order chi connectivity index (χ0) is 32.0. The predicted molar refractivity (Wildman–Crippen MR) is 158 cm³/mol. The molecule has 15 nitrogen and oxygen atoms in total. The molecule has 0 saturated carbocycles. The highest BCUT2D eigenvalue weighted by Gasteiger charge is 2.41. The van der Waals surface area contributed by atoms with Crippen molar-refractivity contribution in [1.29, 1.82) is 0 Å². The van der Waals surface area contributed by atoms with Gasteiger partial charge in [-0.25, -0.2) is 9.59 Å². The summed E-state index contributed by atoms with van der Waals surface area (Å²) in [6.07, 6.45) is -1.83. The highest BCUT2D eigenvalue weighted by atomic mass is 32.1. The lowest BCUT2D eigenvalue weighted by molar-refractivity contribution is -0.385. The van der Waals surface area contributed by atoms with Gasteiger partial charge in [0.25, 0.3) is 11.4 Å². The van der Waals surface area contributed by atoms with Crippen LogP contribution in [-0.2, 0) is 27.5 Å². The van der Waals surface area contributed by atoms with Crippen LogP contribution in [0.3, 0.4) is 0 Å². The minimum Gasteiger partial charge on any atom is -0.445 e. The molecule has 2 heterocycles. The van der Waals surface area contributed by atoms with E-state index in [4.69, 9.17) is 9.47 Å². The Morgan fingerprint density at radius 1 is 0.977 bits per heavy atom. The number of nitro groups is 2. The molecular weight excluding hydrogens is 598 g/mol. The Morgan fingerprint density at radius 2 is 1.52 bits per heavy atom. The number of ether oxygens (including phenoxy) is 2. The van der Waals surface area contributed by atoms with Gasteiger partial charge in [-0.05, 0) is 48.2 Å². The molecule has 0 spiro atoms. The number of carbonyl (C=O) groups excluding carboxylic acids is 3.